The van der Waals surface area contributed by atoms with Crippen LogP contribution in [-0.4, -0.2) is 40.4 Å². The Balaban J connectivity index is 1.74. The van der Waals surface area contributed by atoms with Gasteiger partial charge in [0, 0.05) is 23.7 Å². The first-order valence-electron chi connectivity index (χ1n) is 7.30. The summed E-state index contributed by atoms with van der Waals surface area (Å²) >= 11 is 1.78. The van der Waals surface area contributed by atoms with Crippen molar-refractivity contribution in [3.63, 3.8) is 0 Å². The SMILES string of the molecule is CC1(O)CCCN(C(=O)C2CSc3ccccc32)CC1. The Morgan fingerprint density at radius 1 is 1.35 bits per heavy atom. The molecule has 0 spiro atoms. The molecule has 1 aromatic carbocycles. The number of carbonyl (C=O) groups is 1. The molecule has 1 amide bonds. The molecule has 0 aromatic heterocycles. The van der Waals surface area contributed by atoms with Gasteiger partial charge in [-0.15, -0.1) is 11.8 Å². The monoisotopic (exact) mass is 291 g/mol. The largest absolute Gasteiger partial charge is 0.390 e. The molecular formula is C16H21NO2S. The predicted molar refractivity (Wildman–Crippen MR) is 81.0 cm³/mol. The Morgan fingerprint density at radius 3 is 3.00 bits per heavy atom. The number of carbonyl (C=O) groups excluding carboxylic acids is 1. The number of nitrogens with zero attached hydrogens (tertiary/aromatic N) is 1. The van der Waals surface area contributed by atoms with Gasteiger partial charge in [0.2, 0.25) is 5.91 Å². The van der Waals surface area contributed by atoms with E-state index in [1.54, 1.807) is 11.8 Å². The second kappa shape index (κ2) is 5.41. The quantitative estimate of drug-likeness (QED) is 0.865. The minimum absolute atomic E-state index is 0.000695. The van der Waals surface area contributed by atoms with E-state index in [2.05, 4.69) is 12.1 Å². The smallest absolute Gasteiger partial charge is 0.231 e. The first-order chi connectivity index (χ1) is 9.57. The third kappa shape index (κ3) is 2.72. The molecule has 3 rings (SSSR count). The van der Waals surface area contributed by atoms with Crippen molar-refractivity contribution < 1.29 is 9.90 Å². The molecular weight excluding hydrogens is 270 g/mol. The molecule has 2 atom stereocenters. The van der Waals surface area contributed by atoms with Crippen molar-refractivity contribution in [1.29, 1.82) is 0 Å². The molecule has 4 heteroatoms. The fraction of sp³-hybridized carbons (Fsp3) is 0.562. The minimum Gasteiger partial charge on any atom is -0.390 e. The summed E-state index contributed by atoms with van der Waals surface area (Å²) in [7, 11) is 0. The maximum Gasteiger partial charge on any atom is 0.231 e. The number of likely N-dealkylation sites (tertiary alicyclic amines) is 1. The number of hydrogen-bond acceptors (Lipinski definition) is 3. The van der Waals surface area contributed by atoms with E-state index in [1.807, 2.05) is 24.0 Å². The van der Waals surface area contributed by atoms with Crippen LogP contribution in [0.15, 0.2) is 29.2 Å². The Labute approximate surface area is 124 Å². The third-order valence-corrected chi connectivity index (χ3v) is 5.56. The lowest BCUT2D eigenvalue weighted by molar-refractivity contribution is -0.132. The highest BCUT2D eigenvalue weighted by atomic mass is 32.2. The molecule has 108 valence electrons. The third-order valence-electron chi connectivity index (χ3n) is 4.37. The van der Waals surface area contributed by atoms with Gasteiger partial charge in [-0.3, -0.25) is 4.79 Å². The molecule has 1 aromatic rings. The second-order valence-electron chi connectivity index (χ2n) is 6.08. The van der Waals surface area contributed by atoms with Crippen molar-refractivity contribution in [3.05, 3.63) is 29.8 Å². The van der Waals surface area contributed by atoms with Crippen LogP contribution in [-0.2, 0) is 4.79 Å². The maximum atomic E-state index is 12.8. The van der Waals surface area contributed by atoms with Gasteiger partial charge in [0.1, 0.15) is 0 Å². The van der Waals surface area contributed by atoms with Crippen LogP contribution in [0, 0.1) is 0 Å². The Morgan fingerprint density at radius 2 is 2.15 bits per heavy atom. The molecule has 20 heavy (non-hydrogen) atoms. The van der Waals surface area contributed by atoms with Crippen LogP contribution < -0.4 is 0 Å². The van der Waals surface area contributed by atoms with E-state index < -0.39 is 5.60 Å². The molecule has 0 radical (unpaired) electrons. The van der Waals surface area contributed by atoms with Gasteiger partial charge in [-0.05, 0) is 37.8 Å². The molecule has 1 fully saturated rings. The van der Waals surface area contributed by atoms with Crippen molar-refractivity contribution in [2.45, 2.75) is 42.6 Å². The lowest BCUT2D eigenvalue weighted by atomic mass is 9.98. The first-order valence-corrected chi connectivity index (χ1v) is 8.28. The summed E-state index contributed by atoms with van der Waals surface area (Å²) in [5, 5.41) is 10.1. The van der Waals surface area contributed by atoms with E-state index in [0.717, 1.165) is 25.1 Å². The molecule has 0 bridgehead atoms. The van der Waals surface area contributed by atoms with Gasteiger partial charge < -0.3 is 10.0 Å². The van der Waals surface area contributed by atoms with Crippen molar-refractivity contribution in [2.75, 3.05) is 18.8 Å². The van der Waals surface area contributed by atoms with Crippen LogP contribution in [0.1, 0.15) is 37.7 Å². The average molecular weight is 291 g/mol. The van der Waals surface area contributed by atoms with Crippen molar-refractivity contribution in [2.24, 2.45) is 0 Å². The van der Waals surface area contributed by atoms with E-state index in [0.29, 0.717) is 13.0 Å². The summed E-state index contributed by atoms with van der Waals surface area (Å²) in [5.74, 6) is 1.09. The summed E-state index contributed by atoms with van der Waals surface area (Å²) in [6, 6.07) is 8.21. The van der Waals surface area contributed by atoms with Crippen LogP contribution in [0.3, 0.4) is 0 Å². The predicted octanol–water partition coefficient (Wildman–Crippen LogP) is 2.64. The zero-order valence-electron chi connectivity index (χ0n) is 11.8. The Kier molecular flexibility index (Phi) is 3.78. The number of amides is 1. The van der Waals surface area contributed by atoms with E-state index in [1.165, 1.54) is 10.5 Å². The highest BCUT2D eigenvalue weighted by Crippen LogP contribution is 2.40. The molecule has 0 aliphatic carbocycles. The van der Waals surface area contributed by atoms with E-state index in [4.69, 9.17) is 0 Å². The van der Waals surface area contributed by atoms with Crippen molar-refractivity contribution in [1.82, 2.24) is 4.90 Å². The van der Waals surface area contributed by atoms with Crippen molar-refractivity contribution in [3.8, 4) is 0 Å². The van der Waals surface area contributed by atoms with E-state index in [9.17, 15) is 9.90 Å². The average Bonchev–Trinajstić information content (AvgIpc) is 2.77. The second-order valence-corrected chi connectivity index (χ2v) is 7.14. The first kappa shape index (κ1) is 14.0. The van der Waals surface area contributed by atoms with Crippen LogP contribution in [0.5, 0.6) is 0 Å². The zero-order valence-corrected chi connectivity index (χ0v) is 12.7. The van der Waals surface area contributed by atoms with Gasteiger partial charge in [0.15, 0.2) is 0 Å². The lowest BCUT2D eigenvalue weighted by Crippen LogP contribution is -2.37. The summed E-state index contributed by atoms with van der Waals surface area (Å²) in [4.78, 5) is 16.0. The topological polar surface area (TPSA) is 40.5 Å². The van der Waals surface area contributed by atoms with Crippen LogP contribution >= 0.6 is 11.8 Å². The number of benzene rings is 1. The number of fused-ring (bicyclic) bond motifs is 1. The number of aliphatic hydroxyl groups is 1. The highest BCUT2D eigenvalue weighted by Gasteiger charge is 2.34. The molecule has 2 aliphatic heterocycles. The molecule has 1 saturated heterocycles. The van der Waals surface area contributed by atoms with Gasteiger partial charge in [-0.1, -0.05) is 18.2 Å². The van der Waals surface area contributed by atoms with Gasteiger partial charge in [0.25, 0.3) is 0 Å². The van der Waals surface area contributed by atoms with Crippen LogP contribution in [0.2, 0.25) is 0 Å². The molecule has 3 nitrogen and oxygen atoms in total. The Bertz CT molecular complexity index is 515. The fourth-order valence-electron chi connectivity index (χ4n) is 3.07. The molecule has 2 heterocycles. The number of rotatable bonds is 1. The molecule has 1 N–H and O–H groups in total. The normalized spacial score (nSPS) is 29.9. The standard InChI is InChI=1S/C16H21NO2S/c1-16(19)7-4-9-17(10-8-16)15(18)13-11-20-14-6-3-2-5-12(13)14/h2-3,5-6,13,19H,4,7-11H2,1H3. The van der Waals surface area contributed by atoms with E-state index in [-0.39, 0.29) is 11.8 Å². The van der Waals surface area contributed by atoms with Crippen LogP contribution in [0.4, 0.5) is 0 Å². The van der Waals surface area contributed by atoms with Crippen LogP contribution in [0.25, 0.3) is 0 Å². The summed E-state index contributed by atoms with van der Waals surface area (Å²) in [6.45, 7) is 3.33. The number of thioether (sulfide) groups is 1. The fourth-order valence-corrected chi connectivity index (χ4v) is 4.29. The minimum atomic E-state index is -0.614. The summed E-state index contributed by atoms with van der Waals surface area (Å²) in [6.07, 6.45) is 2.35. The van der Waals surface area contributed by atoms with Gasteiger partial charge >= 0.3 is 0 Å². The highest BCUT2D eigenvalue weighted by molar-refractivity contribution is 7.99. The van der Waals surface area contributed by atoms with Gasteiger partial charge in [-0.25, -0.2) is 0 Å². The van der Waals surface area contributed by atoms with Gasteiger partial charge in [0.05, 0.1) is 11.5 Å². The molecule has 0 saturated carbocycles. The Hall–Kier alpha value is -1.00. The number of hydrogen-bond donors (Lipinski definition) is 1. The molecule has 2 unspecified atom stereocenters. The summed E-state index contributed by atoms with van der Waals surface area (Å²) < 4.78 is 0. The maximum absolute atomic E-state index is 12.8. The lowest BCUT2D eigenvalue weighted by Gasteiger charge is -2.25. The van der Waals surface area contributed by atoms with Gasteiger partial charge in [-0.2, -0.15) is 0 Å². The zero-order chi connectivity index (χ0) is 14.2. The van der Waals surface area contributed by atoms with E-state index >= 15 is 0 Å². The summed E-state index contributed by atoms with van der Waals surface area (Å²) in [5.41, 5.74) is 0.565. The molecule has 2 aliphatic rings. The van der Waals surface area contributed by atoms with Crippen molar-refractivity contribution >= 4 is 17.7 Å².